The predicted octanol–water partition coefficient (Wildman–Crippen LogP) is 1.45. The molecule has 2 amide bonds. The quantitative estimate of drug-likeness (QED) is 0.658. The second-order valence-electron chi connectivity index (χ2n) is 6.40. The number of nitrogens with zero attached hydrogens (tertiary/aromatic N) is 2. The largest absolute Gasteiger partial charge is 0.481 e. The lowest BCUT2D eigenvalue weighted by molar-refractivity contribution is -0.142. The molecule has 0 aliphatic rings. The molecule has 4 N–H and O–H groups in total. The number of primary amides is 1. The molecule has 0 radical (unpaired) electrons. The van der Waals surface area contributed by atoms with Crippen molar-refractivity contribution in [3.05, 3.63) is 47.8 Å². The van der Waals surface area contributed by atoms with Crippen molar-refractivity contribution in [2.75, 3.05) is 6.54 Å². The molecule has 0 spiro atoms. The molecule has 1 heterocycles. The van der Waals surface area contributed by atoms with Gasteiger partial charge in [0, 0.05) is 12.6 Å². The fourth-order valence-corrected chi connectivity index (χ4v) is 2.58. The second kappa shape index (κ2) is 8.28. The lowest BCUT2D eigenvalue weighted by Gasteiger charge is -2.14. The van der Waals surface area contributed by atoms with E-state index in [1.807, 2.05) is 19.9 Å². The summed E-state index contributed by atoms with van der Waals surface area (Å²) in [6.07, 6.45) is 0.445. The minimum absolute atomic E-state index is 0.00339. The van der Waals surface area contributed by atoms with Gasteiger partial charge in [0.15, 0.2) is 5.69 Å². The van der Waals surface area contributed by atoms with Crippen LogP contribution in [0, 0.1) is 11.8 Å². The molecule has 1 aromatic carbocycles. The number of rotatable bonds is 8. The Morgan fingerprint density at radius 3 is 2.42 bits per heavy atom. The van der Waals surface area contributed by atoms with Gasteiger partial charge in [0.1, 0.15) is 5.69 Å². The normalized spacial score (nSPS) is 12.0. The summed E-state index contributed by atoms with van der Waals surface area (Å²) >= 11 is 0. The van der Waals surface area contributed by atoms with Gasteiger partial charge in [-0.15, -0.1) is 0 Å². The van der Waals surface area contributed by atoms with Gasteiger partial charge in [-0.2, -0.15) is 5.10 Å². The third-order valence-electron chi connectivity index (χ3n) is 3.81. The molecule has 0 aliphatic carbocycles. The molecule has 26 heavy (non-hydrogen) atoms. The number of para-hydroxylation sites is 1. The van der Waals surface area contributed by atoms with E-state index < -0.39 is 23.7 Å². The van der Waals surface area contributed by atoms with Crippen LogP contribution < -0.4 is 11.1 Å². The summed E-state index contributed by atoms with van der Waals surface area (Å²) in [4.78, 5) is 35.3. The van der Waals surface area contributed by atoms with Gasteiger partial charge in [-0.3, -0.25) is 14.4 Å². The van der Waals surface area contributed by atoms with Crippen LogP contribution in [0.25, 0.3) is 5.69 Å². The number of carbonyl (C=O) groups excluding carboxylic acids is 2. The van der Waals surface area contributed by atoms with Gasteiger partial charge < -0.3 is 16.2 Å². The first kappa shape index (κ1) is 19.2. The van der Waals surface area contributed by atoms with E-state index in [9.17, 15) is 19.5 Å². The Morgan fingerprint density at radius 2 is 1.88 bits per heavy atom. The Morgan fingerprint density at radius 1 is 1.23 bits per heavy atom. The standard InChI is InChI=1S/C18H22N4O4/c1-11(2)8-12(18(25)26)10-20-17(24)14-9-15(16(19)23)22(21-14)13-6-4-3-5-7-13/h3-7,9,11-12H,8,10H2,1-2H3,(H2,19,23)(H,20,24)(H,25,26). The molecular weight excluding hydrogens is 336 g/mol. The summed E-state index contributed by atoms with van der Waals surface area (Å²) in [7, 11) is 0. The Balaban J connectivity index is 2.19. The van der Waals surface area contributed by atoms with E-state index in [2.05, 4.69) is 10.4 Å². The second-order valence-corrected chi connectivity index (χ2v) is 6.40. The first-order valence-corrected chi connectivity index (χ1v) is 8.26. The predicted molar refractivity (Wildman–Crippen MR) is 95.0 cm³/mol. The molecule has 8 nitrogen and oxygen atoms in total. The van der Waals surface area contributed by atoms with Crippen LogP contribution in [0.15, 0.2) is 36.4 Å². The van der Waals surface area contributed by atoms with Crippen molar-refractivity contribution in [1.29, 1.82) is 0 Å². The van der Waals surface area contributed by atoms with Crippen LogP contribution >= 0.6 is 0 Å². The highest BCUT2D eigenvalue weighted by Gasteiger charge is 2.22. The molecule has 0 fully saturated rings. The third-order valence-corrected chi connectivity index (χ3v) is 3.81. The van der Waals surface area contributed by atoms with E-state index in [4.69, 9.17) is 5.73 Å². The zero-order valence-electron chi connectivity index (χ0n) is 14.7. The SMILES string of the molecule is CC(C)CC(CNC(=O)c1cc(C(N)=O)n(-c2ccccc2)n1)C(=O)O. The van der Waals surface area contributed by atoms with Gasteiger partial charge in [-0.05, 0) is 24.5 Å². The highest BCUT2D eigenvalue weighted by molar-refractivity contribution is 5.97. The van der Waals surface area contributed by atoms with E-state index in [1.165, 1.54) is 10.7 Å². The van der Waals surface area contributed by atoms with E-state index in [0.29, 0.717) is 12.1 Å². The molecule has 1 atom stereocenters. The number of amides is 2. The van der Waals surface area contributed by atoms with Crippen molar-refractivity contribution in [3.8, 4) is 5.69 Å². The van der Waals surface area contributed by atoms with Gasteiger partial charge >= 0.3 is 5.97 Å². The minimum atomic E-state index is -0.966. The van der Waals surface area contributed by atoms with E-state index in [1.54, 1.807) is 24.3 Å². The molecule has 8 heteroatoms. The minimum Gasteiger partial charge on any atom is -0.481 e. The number of hydrogen-bond donors (Lipinski definition) is 3. The van der Waals surface area contributed by atoms with Gasteiger partial charge in [0.2, 0.25) is 0 Å². The van der Waals surface area contributed by atoms with Crippen LogP contribution in [0.2, 0.25) is 0 Å². The molecule has 0 aliphatic heterocycles. The summed E-state index contributed by atoms with van der Waals surface area (Å²) in [6, 6.07) is 10.1. The molecule has 2 aromatic rings. The average Bonchev–Trinajstić information content (AvgIpc) is 3.04. The Kier molecular flexibility index (Phi) is 6.11. The monoisotopic (exact) mass is 358 g/mol. The van der Waals surface area contributed by atoms with Crippen LogP contribution in [0.4, 0.5) is 0 Å². The number of nitrogens with one attached hydrogen (secondary N) is 1. The zero-order chi connectivity index (χ0) is 19.3. The van der Waals surface area contributed by atoms with Crippen LogP contribution in [0.1, 0.15) is 41.2 Å². The number of hydrogen-bond acceptors (Lipinski definition) is 4. The fourth-order valence-electron chi connectivity index (χ4n) is 2.58. The van der Waals surface area contributed by atoms with Crippen molar-refractivity contribution in [2.45, 2.75) is 20.3 Å². The van der Waals surface area contributed by atoms with Gasteiger partial charge in [-0.1, -0.05) is 32.0 Å². The number of carboxylic acids is 1. The summed E-state index contributed by atoms with van der Waals surface area (Å²) in [5.74, 6) is -2.75. The summed E-state index contributed by atoms with van der Waals surface area (Å²) in [5.41, 5.74) is 6.02. The number of aliphatic carboxylic acids is 1. The molecule has 138 valence electrons. The maximum absolute atomic E-state index is 12.3. The lowest BCUT2D eigenvalue weighted by Crippen LogP contribution is -2.34. The van der Waals surface area contributed by atoms with Crippen molar-refractivity contribution >= 4 is 17.8 Å². The molecular formula is C18H22N4O4. The summed E-state index contributed by atoms with van der Waals surface area (Å²) in [6.45, 7) is 3.81. The summed E-state index contributed by atoms with van der Waals surface area (Å²) in [5, 5.41) is 16.0. The highest BCUT2D eigenvalue weighted by Crippen LogP contribution is 2.14. The van der Waals surface area contributed by atoms with Crippen molar-refractivity contribution in [1.82, 2.24) is 15.1 Å². The molecule has 0 saturated carbocycles. The van der Waals surface area contributed by atoms with E-state index in [-0.39, 0.29) is 23.9 Å². The molecule has 0 bridgehead atoms. The van der Waals surface area contributed by atoms with Crippen molar-refractivity contribution in [2.24, 2.45) is 17.6 Å². The number of carboxylic acid groups (broad SMARTS) is 1. The van der Waals surface area contributed by atoms with Gasteiger partial charge in [0.25, 0.3) is 11.8 Å². The first-order valence-electron chi connectivity index (χ1n) is 8.26. The number of carbonyl (C=O) groups is 3. The lowest BCUT2D eigenvalue weighted by atomic mass is 9.97. The third kappa shape index (κ3) is 4.69. The number of nitrogens with two attached hydrogens (primary N) is 1. The topological polar surface area (TPSA) is 127 Å². The van der Waals surface area contributed by atoms with Crippen molar-refractivity contribution in [3.63, 3.8) is 0 Å². The maximum Gasteiger partial charge on any atom is 0.308 e. The number of benzene rings is 1. The highest BCUT2D eigenvalue weighted by atomic mass is 16.4. The van der Waals surface area contributed by atoms with Crippen LogP contribution in [-0.4, -0.2) is 39.2 Å². The van der Waals surface area contributed by atoms with E-state index >= 15 is 0 Å². The Labute approximate surface area is 151 Å². The van der Waals surface area contributed by atoms with Crippen molar-refractivity contribution < 1.29 is 19.5 Å². The average molecular weight is 358 g/mol. The zero-order valence-corrected chi connectivity index (χ0v) is 14.7. The molecule has 1 aromatic heterocycles. The summed E-state index contributed by atoms with van der Waals surface area (Å²) < 4.78 is 1.29. The maximum atomic E-state index is 12.3. The Hall–Kier alpha value is -3.16. The smallest absolute Gasteiger partial charge is 0.308 e. The Bertz CT molecular complexity index is 799. The van der Waals surface area contributed by atoms with Gasteiger partial charge in [0.05, 0.1) is 11.6 Å². The van der Waals surface area contributed by atoms with E-state index in [0.717, 1.165) is 0 Å². The fraction of sp³-hybridized carbons (Fsp3) is 0.333. The molecule has 2 rings (SSSR count). The van der Waals surface area contributed by atoms with Crippen LogP contribution in [0.3, 0.4) is 0 Å². The van der Waals surface area contributed by atoms with Gasteiger partial charge in [-0.25, -0.2) is 4.68 Å². The molecule has 0 saturated heterocycles. The van der Waals surface area contributed by atoms with Crippen LogP contribution in [-0.2, 0) is 4.79 Å². The first-order chi connectivity index (χ1) is 12.3. The van der Waals surface area contributed by atoms with Crippen LogP contribution in [0.5, 0.6) is 0 Å². The number of aromatic nitrogens is 2. The molecule has 1 unspecified atom stereocenters.